The minimum atomic E-state index is 0.198. The zero-order valence-corrected chi connectivity index (χ0v) is 7.60. The highest BCUT2D eigenvalue weighted by Gasteiger charge is 1.97. The van der Waals surface area contributed by atoms with Crippen LogP contribution >= 0.6 is 0 Å². The Hall–Kier alpha value is -1.79. The maximum atomic E-state index is 10.6. The van der Waals surface area contributed by atoms with Crippen molar-refractivity contribution in [2.45, 2.75) is 0 Å². The van der Waals surface area contributed by atoms with Gasteiger partial charge in [0.25, 0.3) is 0 Å². The fourth-order valence-electron chi connectivity index (χ4n) is 0.894. The molecule has 1 aromatic heterocycles. The highest BCUT2D eigenvalue weighted by molar-refractivity contribution is 5.81. The first kappa shape index (κ1) is 10.3. The van der Waals surface area contributed by atoms with Crippen molar-refractivity contribution in [3.63, 3.8) is 0 Å². The van der Waals surface area contributed by atoms with Gasteiger partial charge >= 0.3 is 0 Å². The van der Waals surface area contributed by atoms with Gasteiger partial charge in [0.2, 0.25) is 0 Å². The molecule has 0 aliphatic rings. The summed E-state index contributed by atoms with van der Waals surface area (Å²) >= 11 is 0. The average molecular weight is 190 g/mol. The molecule has 3 heteroatoms. The number of carbonyl (C=O) groups is 1. The number of ether oxygens (including phenoxy) is 1. The van der Waals surface area contributed by atoms with Crippen molar-refractivity contribution >= 4 is 12.4 Å². The molecule has 1 heterocycles. The summed E-state index contributed by atoms with van der Waals surface area (Å²) in [4.78, 5) is 10.6. The molecule has 1 aromatic rings. The lowest BCUT2D eigenvalue weighted by molar-refractivity contribution is -0.105. The van der Waals surface area contributed by atoms with Crippen molar-refractivity contribution in [3.05, 3.63) is 29.7 Å². The molecule has 1 rings (SSSR count). The van der Waals surface area contributed by atoms with E-state index in [4.69, 9.17) is 15.6 Å². The van der Waals surface area contributed by atoms with E-state index in [0.717, 1.165) is 6.29 Å². The number of rotatable bonds is 5. The van der Waals surface area contributed by atoms with Crippen LogP contribution in [0.25, 0.3) is 6.08 Å². The van der Waals surface area contributed by atoms with Crippen molar-refractivity contribution in [3.8, 4) is 12.3 Å². The van der Waals surface area contributed by atoms with Gasteiger partial charge in [0.1, 0.15) is 18.7 Å². The minimum absolute atomic E-state index is 0.198. The third-order valence-corrected chi connectivity index (χ3v) is 1.48. The van der Waals surface area contributed by atoms with Crippen LogP contribution in [0, 0.1) is 12.3 Å². The first-order valence-corrected chi connectivity index (χ1v) is 4.07. The van der Waals surface area contributed by atoms with Crippen molar-refractivity contribution in [1.29, 1.82) is 0 Å². The molecule has 0 aromatic carbocycles. The predicted octanol–water partition coefficient (Wildman–Crippen LogP) is 1.51. The Kier molecular flexibility index (Phi) is 4.25. The predicted molar refractivity (Wildman–Crippen MR) is 52.4 cm³/mol. The Balaban J connectivity index is 2.54. The molecule has 3 nitrogen and oxygen atoms in total. The number of aldehydes is 1. The van der Waals surface area contributed by atoms with Crippen molar-refractivity contribution in [2.75, 3.05) is 13.2 Å². The van der Waals surface area contributed by atoms with E-state index in [-0.39, 0.29) is 13.2 Å². The van der Waals surface area contributed by atoms with Crippen molar-refractivity contribution in [2.24, 2.45) is 0 Å². The zero-order chi connectivity index (χ0) is 10.2. The second kappa shape index (κ2) is 5.79. The first-order valence-electron chi connectivity index (χ1n) is 4.07. The minimum Gasteiger partial charge on any atom is -0.465 e. The standard InChI is InChI=1S/C11H10O3/c1-2-5-13-9-10(8-12)7-11-4-3-6-14-11/h1,3-4,6-8H,5,9H2/b10-7-. The third-order valence-electron chi connectivity index (χ3n) is 1.48. The van der Waals surface area contributed by atoms with E-state index < -0.39 is 0 Å². The normalized spacial score (nSPS) is 10.9. The molecule has 0 bridgehead atoms. The van der Waals surface area contributed by atoms with E-state index in [1.165, 1.54) is 6.26 Å². The number of hydrogen-bond donors (Lipinski definition) is 0. The Morgan fingerprint density at radius 3 is 3.14 bits per heavy atom. The summed E-state index contributed by atoms with van der Waals surface area (Å²) in [5, 5.41) is 0. The average Bonchev–Trinajstić information content (AvgIpc) is 2.69. The molecule has 72 valence electrons. The monoisotopic (exact) mass is 190 g/mol. The summed E-state index contributed by atoms with van der Waals surface area (Å²) in [5.74, 6) is 2.94. The second-order valence-corrected chi connectivity index (χ2v) is 2.55. The summed E-state index contributed by atoms with van der Waals surface area (Å²) in [5.41, 5.74) is 0.496. The van der Waals surface area contributed by atoms with Crippen LogP contribution < -0.4 is 0 Å². The van der Waals surface area contributed by atoms with Gasteiger partial charge in [-0.2, -0.15) is 0 Å². The van der Waals surface area contributed by atoms with E-state index in [2.05, 4.69) is 5.92 Å². The van der Waals surface area contributed by atoms with Crippen LogP contribution in [0.5, 0.6) is 0 Å². The van der Waals surface area contributed by atoms with Crippen LogP contribution in [-0.2, 0) is 9.53 Å². The smallest absolute Gasteiger partial charge is 0.148 e. The highest BCUT2D eigenvalue weighted by Crippen LogP contribution is 2.06. The van der Waals surface area contributed by atoms with Crippen LogP contribution in [0.4, 0.5) is 0 Å². The summed E-state index contributed by atoms with van der Waals surface area (Å²) in [7, 11) is 0. The molecule has 0 saturated carbocycles. The molecule has 0 unspecified atom stereocenters. The summed E-state index contributed by atoms with van der Waals surface area (Å²) in [6.07, 6.45) is 8.87. The number of terminal acetylenes is 1. The SMILES string of the molecule is C#CCOC/C(C=O)=C\c1ccco1. The largest absolute Gasteiger partial charge is 0.465 e. The third kappa shape index (κ3) is 3.30. The lowest BCUT2D eigenvalue weighted by atomic mass is 10.2. The van der Waals surface area contributed by atoms with Gasteiger partial charge in [-0.3, -0.25) is 4.79 Å². The summed E-state index contributed by atoms with van der Waals surface area (Å²) in [6.45, 7) is 0.401. The van der Waals surface area contributed by atoms with Gasteiger partial charge in [-0.1, -0.05) is 5.92 Å². The van der Waals surface area contributed by atoms with Crippen LogP contribution in [-0.4, -0.2) is 19.5 Å². The maximum absolute atomic E-state index is 10.6. The Bertz CT molecular complexity index is 341. The van der Waals surface area contributed by atoms with Gasteiger partial charge in [0.15, 0.2) is 0 Å². The van der Waals surface area contributed by atoms with Gasteiger partial charge in [0, 0.05) is 5.57 Å². The van der Waals surface area contributed by atoms with E-state index in [1.54, 1.807) is 18.2 Å². The molecule has 0 saturated heterocycles. The van der Waals surface area contributed by atoms with Gasteiger partial charge in [-0.05, 0) is 18.2 Å². The topological polar surface area (TPSA) is 39.4 Å². The van der Waals surface area contributed by atoms with Gasteiger partial charge < -0.3 is 9.15 Å². The summed E-state index contributed by atoms with van der Waals surface area (Å²) < 4.78 is 10.0. The summed E-state index contributed by atoms with van der Waals surface area (Å²) in [6, 6.07) is 3.50. The molecule has 0 aliphatic carbocycles. The zero-order valence-electron chi connectivity index (χ0n) is 7.60. The molecule has 0 spiro atoms. The molecule has 0 N–H and O–H groups in total. The number of carbonyl (C=O) groups excluding carboxylic acids is 1. The molecule has 0 atom stereocenters. The van der Waals surface area contributed by atoms with Gasteiger partial charge in [-0.15, -0.1) is 6.42 Å². The fraction of sp³-hybridized carbons (Fsp3) is 0.182. The molecule has 0 radical (unpaired) electrons. The lowest BCUT2D eigenvalue weighted by Gasteiger charge is -1.97. The van der Waals surface area contributed by atoms with Gasteiger partial charge in [-0.25, -0.2) is 0 Å². The van der Waals surface area contributed by atoms with Crippen LogP contribution in [0.2, 0.25) is 0 Å². The highest BCUT2D eigenvalue weighted by atomic mass is 16.5. The Morgan fingerprint density at radius 1 is 1.71 bits per heavy atom. The molecule has 14 heavy (non-hydrogen) atoms. The fourth-order valence-corrected chi connectivity index (χ4v) is 0.894. The Labute approximate surface area is 82.4 Å². The lowest BCUT2D eigenvalue weighted by Crippen LogP contribution is -1.99. The maximum Gasteiger partial charge on any atom is 0.148 e. The van der Waals surface area contributed by atoms with Crippen LogP contribution in [0.15, 0.2) is 28.4 Å². The quantitative estimate of drug-likeness (QED) is 0.306. The number of furan rings is 1. The van der Waals surface area contributed by atoms with Crippen LogP contribution in [0.3, 0.4) is 0 Å². The van der Waals surface area contributed by atoms with E-state index in [9.17, 15) is 4.79 Å². The molecule has 0 aliphatic heterocycles. The van der Waals surface area contributed by atoms with Crippen molar-refractivity contribution < 1.29 is 13.9 Å². The van der Waals surface area contributed by atoms with Crippen molar-refractivity contribution in [1.82, 2.24) is 0 Å². The molecule has 0 amide bonds. The first-order chi connectivity index (χ1) is 6.86. The second-order valence-electron chi connectivity index (χ2n) is 2.55. The number of hydrogen-bond acceptors (Lipinski definition) is 3. The molecular weight excluding hydrogens is 180 g/mol. The van der Waals surface area contributed by atoms with E-state index >= 15 is 0 Å². The van der Waals surface area contributed by atoms with E-state index in [1.807, 2.05) is 0 Å². The van der Waals surface area contributed by atoms with Gasteiger partial charge in [0.05, 0.1) is 12.9 Å². The Morgan fingerprint density at radius 2 is 2.57 bits per heavy atom. The molecular formula is C11H10O3. The van der Waals surface area contributed by atoms with E-state index in [0.29, 0.717) is 11.3 Å². The van der Waals surface area contributed by atoms with Crippen LogP contribution in [0.1, 0.15) is 5.76 Å². The molecule has 0 fully saturated rings.